The standard InChI is InChI=1S/C26H44N6O11/c33-17-18(34)32(24(39)27-17)19(25(40)20(35)28-22(37)30(25)11-13-42-15-7-3-1-4-8-15)26(41)21(36)29-23(38)31(26)12-14-43-16-9-5-2-6-10-16/h15-21,33-36,40-41H,1-14H2,(H,27,39)(H,28,37)(H,29,38). The fraction of sp³-hybridized carbons (Fsp3) is 0.885. The Balaban J connectivity index is 1.46. The quantitative estimate of drug-likeness (QED) is 0.121. The first-order valence-corrected chi connectivity index (χ1v) is 15.1. The Hall–Kier alpha value is -2.51. The highest BCUT2D eigenvalue weighted by molar-refractivity contribution is 5.82. The molecule has 5 aliphatic rings. The highest BCUT2D eigenvalue weighted by atomic mass is 16.5. The van der Waals surface area contributed by atoms with Gasteiger partial charge in [0.25, 0.3) is 0 Å². The summed E-state index contributed by atoms with van der Waals surface area (Å²) < 4.78 is 11.8. The van der Waals surface area contributed by atoms with Crippen molar-refractivity contribution in [3.05, 3.63) is 0 Å². The number of hydrogen-bond acceptors (Lipinski definition) is 11. The van der Waals surface area contributed by atoms with Crippen molar-refractivity contribution < 1.29 is 54.5 Å². The molecule has 5 fully saturated rings. The fourth-order valence-corrected chi connectivity index (χ4v) is 7.00. The summed E-state index contributed by atoms with van der Waals surface area (Å²) in [6.07, 6.45) is 0.813. The lowest BCUT2D eigenvalue weighted by Gasteiger charge is -2.52. The largest absolute Gasteiger partial charge is 0.376 e. The van der Waals surface area contributed by atoms with E-state index in [4.69, 9.17) is 9.47 Å². The molecule has 17 nitrogen and oxygen atoms in total. The van der Waals surface area contributed by atoms with Crippen LogP contribution in [0.25, 0.3) is 0 Å². The predicted molar refractivity (Wildman–Crippen MR) is 144 cm³/mol. The lowest BCUT2D eigenvalue weighted by molar-refractivity contribution is -0.277. The Labute approximate surface area is 248 Å². The number of urea groups is 3. The van der Waals surface area contributed by atoms with Crippen LogP contribution in [0.5, 0.6) is 0 Å². The number of nitrogens with zero attached hydrogens (tertiary/aromatic N) is 3. The molecule has 2 saturated carbocycles. The monoisotopic (exact) mass is 616 g/mol. The van der Waals surface area contributed by atoms with Gasteiger partial charge in [0.05, 0.1) is 25.4 Å². The molecular formula is C26H44N6O11. The summed E-state index contributed by atoms with van der Waals surface area (Å²) in [5.41, 5.74) is -5.92. The number of nitrogens with one attached hydrogen (secondary N) is 3. The predicted octanol–water partition coefficient (Wildman–Crippen LogP) is -2.22. The van der Waals surface area contributed by atoms with E-state index >= 15 is 0 Å². The molecule has 0 aromatic carbocycles. The van der Waals surface area contributed by atoms with Gasteiger partial charge in [-0.25, -0.2) is 14.4 Å². The molecule has 0 radical (unpaired) electrons. The van der Waals surface area contributed by atoms with Crippen molar-refractivity contribution in [2.75, 3.05) is 26.3 Å². The maximum Gasteiger partial charge on any atom is 0.322 e. The summed E-state index contributed by atoms with van der Waals surface area (Å²) in [7, 11) is 0. The third kappa shape index (κ3) is 5.84. The van der Waals surface area contributed by atoms with Crippen molar-refractivity contribution in [1.29, 1.82) is 0 Å². The van der Waals surface area contributed by atoms with Crippen LogP contribution >= 0.6 is 0 Å². The average Bonchev–Trinajstić information content (AvgIpc) is 3.46. The molecule has 43 heavy (non-hydrogen) atoms. The summed E-state index contributed by atoms with van der Waals surface area (Å²) in [6.45, 7) is -0.847. The molecule has 9 N–H and O–H groups in total. The number of amides is 6. The van der Waals surface area contributed by atoms with Gasteiger partial charge in [0, 0.05) is 13.1 Å². The van der Waals surface area contributed by atoms with Gasteiger partial charge in [-0.15, -0.1) is 0 Å². The van der Waals surface area contributed by atoms with Crippen molar-refractivity contribution in [3.8, 4) is 0 Å². The van der Waals surface area contributed by atoms with Crippen molar-refractivity contribution >= 4 is 18.1 Å². The van der Waals surface area contributed by atoms with E-state index < -0.39 is 60.5 Å². The zero-order chi connectivity index (χ0) is 30.9. The van der Waals surface area contributed by atoms with Gasteiger partial charge < -0.3 is 56.1 Å². The molecule has 3 heterocycles. The zero-order valence-corrected chi connectivity index (χ0v) is 24.0. The van der Waals surface area contributed by atoms with Gasteiger partial charge in [-0.05, 0) is 25.7 Å². The Bertz CT molecular complexity index is 968. The molecule has 6 amide bonds. The smallest absolute Gasteiger partial charge is 0.322 e. The lowest BCUT2D eigenvalue weighted by Crippen LogP contribution is -2.79. The molecule has 244 valence electrons. The van der Waals surface area contributed by atoms with E-state index in [1.165, 1.54) is 0 Å². The van der Waals surface area contributed by atoms with E-state index in [-0.39, 0.29) is 38.5 Å². The van der Waals surface area contributed by atoms with Gasteiger partial charge in [-0.1, -0.05) is 38.5 Å². The first-order chi connectivity index (χ1) is 20.5. The summed E-state index contributed by atoms with van der Waals surface area (Å²) >= 11 is 0. The molecule has 0 bridgehead atoms. The van der Waals surface area contributed by atoms with Crippen molar-refractivity contribution in [2.24, 2.45) is 0 Å². The van der Waals surface area contributed by atoms with E-state index in [1.807, 2.05) is 5.32 Å². The minimum Gasteiger partial charge on any atom is -0.376 e. The van der Waals surface area contributed by atoms with Crippen molar-refractivity contribution in [1.82, 2.24) is 30.7 Å². The zero-order valence-electron chi connectivity index (χ0n) is 24.0. The molecular weight excluding hydrogens is 572 g/mol. The SMILES string of the molecule is O=C1NC(O)C(O)N1C(C1(O)C(O)NC(=O)N1CCOC1CCCCC1)C1(O)C(O)NC(=O)N1CCOC1CCCCC1. The molecule has 17 heteroatoms. The first kappa shape index (κ1) is 31.9. The molecule has 2 aliphatic carbocycles. The molecule has 5 rings (SSSR count). The molecule has 3 aliphatic heterocycles. The summed E-state index contributed by atoms with van der Waals surface area (Å²) in [6, 6.07) is -5.52. The van der Waals surface area contributed by atoms with Crippen LogP contribution in [0.15, 0.2) is 0 Å². The van der Waals surface area contributed by atoms with Crippen LogP contribution in [0, 0.1) is 0 Å². The average molecular weight is 617 g/mol. The number of rotatable bonds is 11. The van der Waals surface area contributed by atoms with E-state index in [9.17, 15) is 45.0 Å². The Morgan fingerprint density at radius 1 is 0.674 bits per heavy atom. The first-order valence-electron chi connectivity index (χ1n) is 15.1. The van der Waals surface area contributed by atoms with Crippen molar-refractivity contribution in [2.45, 2.75) is 119 Å². The summed E-state index contributed by atoms with van der Waals surface area (Å²) in [5, 5.41) is 73.9. The van der Waals surface area contributed by atoms with Crippen LogP contribution in [-0.2, 0) is 9.47 Å². The van der Waals surface area contributed by atoms with Crippen LogP contribution in [0.2, 0.25) is 0 Å². The molecule has 0 spiro atoms. The molecule has 0 aromatic rings. The van der Waals surface area contributed by atoms with Crippen LogP contribution < -0.4 is 16.0 Å². The van der Waals surface area contributed by atoms with Crippen LogP contribution in [-0.4, -0.2) is 144 Å². The fourth-order valence-electron chi connectivity index (χ4n) is 7.00. The number of carbonyl (C=O) groups is 3. The van der Waals surface area contributed by atoms with E-state index in [1.54, 1.807) is 0 Å². The summed E-state index contributed by atoms with van der Waals surface area (Å²) in [4.78, 5) is 41.1. The van der Waals surface area contributed by atoms with Crippen molar-refractivity contribution in [3.63, 3.8) is 0 Å². The number of hydrogen-bond donors (Lipinski definition) is 9. The minimum absolute atomic E-state index is 0.0723. The Kier molecular flexibility index (Phi) is 9.53. The molecule has 6 unspecified atom stereocenters. The van der Waals surface area contributed by atoms with Gasteiger partial charge in [0.2, 0.25) is 11.4 Å². The van der Waals surface area contributed by atoms with E-state index in [2.05, 4.69) is 10.6 Å². The second-order valence-corrected chi connectivity index (χ2v) is 12.0. The van der Waals surface area contributed by atoms with Crippen LogP contribution in [0.3, 0.4) is 0 Å². The number of carbonyl (C=O) groups excluding carboxylic acids is 3. The molecule has 0 aromatic heterocycles. The van der Waals surface area contributed by atoms with Gasteiger partial charge in [0.15, 0.2) is 24.9 Å². The Morgan fingerprint density at radius 3 is 1.47 bits per heavy atom. The highest BCUT2D eigenvalue weighted by Gasteiger charge is 2.72. The summed E-state index contributed by atoms with van der Waals surface area (Å²) in [5.74, 6) is 0. The second kappa shape index (κ2) is 12.8. The van der Waals surface area contributed by atoms with Gasteiger partial charge in [0.1, 0.15) is 6.04 Å². The Morgan fingerprint density at radius 2 is 1.09 bits per heavy atom. The van der Waals surface area contributed by atoms with E-state index in [0.29, 0.717) is 4.90 Å². The number of ether oxygens (including phenoxy) is 2. The van der Waals surface area contributed by atoms with Gasteiger partial charge >= 0.3 is 18.1 Å². The van der Waals surface area contributed by atoms with Gasteiger partial charge in [-0.3, -0.25) is 14.7 Å². The second-order valence-electron chi connectivity index (χ2n) is 12.0. The minimum atomic E-state index is -2.96. The normalized spacial score (nSPS) is 36.7. The number of aliphatic hydroxyl groups is 6. The lowest BCUT2D eigenvalue weighted by atomic mass is 9.87. The van der Waals surface area contributed by atoms with Crippen LogP contribution in [0.1, 0.15) is 64.2 Å². The third-order valence-corrected chi connectivity index (χ3v) is 9.28. The highest BCUT2D eigenvalue weighted by Crippen LogP contribution is 2.42. The molecule has 6 atom stereocenters. The molecule has 3 saturated heterocycles. The topological polar surface area (TPSA) is 237 Å². The number of aliphatic hydroxyl groups excluding tert-OH is 4. The van der Waals surface area contributed by atoms with Gasteiger partial charge in [-0.2, -0.15) is 0 Å². The maximum absolute atomic E-state index is 13.1. The third-order valence-electron chi connectivity index (χ3n) is 9.28. The van der Waals surface area contributed by atoms with E-state index in [0.717, 1.165) is 74.0 Å². The maximum atomic E-state index is 13.1. The van der Waals surface area contributed by atoms with Crippen LogP contribution in [0.4, 0.5) is 14.4 Å².